The van der Waals surface area contributed by atoms with Gasteiger partial charge in [0.05, 0.1) is 19.2 Å². The third-order valence-electron chi connectivity index (χ3n) is 3.88. The molecular weight excluding hydrogens is 308 g/mol. The average Bonchev–Trinajstić information content (AvgIpc) is 2.51. The number of methoxy groups -OCH3 is 1. The number of esters is 1. The fraction of sp³-hybridized carbons (Fsp3) is 0.556. The Bertz CT molecular complexity index is 622. The summed E-state index contributed by atoms with van der Waals surface area (Å²) in [4.78, 5) is 25.5. The van der Waals surface area contributed by atoms with E-state index in [9.17, 15) is 9.59 Å². The number of anilines is 1. The van der Waals surface area contributed by atoms with Crippen LogP contribution in [0.15, 0.2) is 18.2 Å². The molecule has 0 saturated carbocycles. The molecule has 1 aromatic carbocycles. The Balaban J connectivity index is 2.20. The number of amides is 1. The number of hydrogen-bond donors (Lipinski definition) is 1. The minimum Gasteiger partial charge on any atom is -0.469 e. The highest BCUT2D eigenvalue weighted by Crippen LogP contribution is 2.31. The third-order valence-corrected chi connectivity index (χ3v) is 3.88. The van der Waals surface area contributed by atoms with Crippen LogP contribution in [-0.2, 0) is 20.7 Å². The molecule has 132 valence electrons. The maximum Gasteiger partial charge on any atom is 0.414 e. The molecule has 1 aliphatic rings. The molecule has 1 atom stereocenters. The zero-order chi connectivity index (χ0) is 17.9. The average molecular weight is 334 g/mol. The van der Waals surface area contributed by atoms with Crippen LogP contribution in [0.1, 0.15) is 50.8 Å². The maximum absolute atomic E-state index is 12.4. The van der Waals surface area contributed by atoms with E-state index in [2.05, 4.69) is 4.74 Å². The van der Waals surface area contributed by atoms with Gasteiger partial charge in [-0.3, -0.25) is 9.69 Å². The van der Waals surface area contributed by atoms with E-state index in [1.165, 1.54) is 7.11 Å². The standard InChI is InChI=1S/C18H26N2O4/c1-18(2,3)24-17(22)20-9-5-6-13-10-12(7-8-15(13)20)14(19)11-16(21)23-4/h7-8,10,14H,5-6,9,11,19H2,1-4H3/t14-/m1/s1. The lowest BCUT2D eigenvalue weighted by atomic mass is 9.96. The second-order valence-electron chi connectivity index (χ2n) is 7.01. The van der Waals surface area contributed by atoms with Crippen LogP contribution in [0, 0.1) is 0 Å². The van der Waals surface area contributed by atoms with E-state index in [1.807, 2.05) is 39.0 Å². The topological polar surface area (TPSA) is 81.9 Å². The molecule has 0 aromatic heterocycles. The Hall–Kier alpha value is -2.08. The Labute approximate surface area is 142 Å². The number of nitrogens with zero attached hydrogens (tertiary/aromatic N) is 1. The summed E-state index contributed by atoms with van der Waals surface area (Å²) < 4.78 is 10.1. The van der Waals surface area contributed by atoms with Gasteiger partial charge in [0.15, 0.2) is 0 Å². The molecule has 2 N–H and O–H groups in total. The molecule has 1 aliphatic heterocycles. The van der Waals surface area contributed by atoms with Crippen LogP contribution in [0.3, 0.4) is 0 Å². The van der Waals surface area contributed by atoms with Gasteiger partial charge in [-0.1, -0.05) is 12.1 Å². The minimum atomic E-state index is -0.530. The first kappa shape index (κ1) is 18.3. The van der Waals surface area contributed by atoms with Crippen molar-refractivity contribution in [3.63, 3.8) is 0 Å². The summed E-state index contributed by atoms with van der Waals surface area (Å²) in [5.74, 6) is -0.337. The molecule has 0 saturated heterocycles. The van der Waals surface area contributed by atoms with Crippen LogP contribution in [0.5, 0.6) is 0 Å². The van der Waals surface area contributed by atoms with Crippen LogP contribution in [0.2, 0.25) is 0 Å². The van der Waals surface area contributed by atoms with Gasteiger partial charge in [0.2, 0.25) is 0 Å². The lowest BCUT2D eigenvalue weighted by Gasteiger charge is -2.32. The fourth-order valence-electron chi connectivity index (χ4n) is 2.74. The molecule has 1 aromatic rings. The van der Waals surface area contributed by atoms with Crippen molar-refractivity contribution in [3.8, 4) is 0 Å². The van der Waals surface area contributed by atoms with E-state index in [4.69, 9.17) is 10.5 Å². The molecule has 1 heterocycles. The predicted octanol–water partition coefficient (Wildman–Crippen LogP) is 2.94. The molecular formula is C18H26N2O4. The first-order chi connectivity index (χ1) is 11.2. The molecule has 1 amide bonds. The summed E-state index contributed by atoms with van der Waals surface area (Å²) in [5.41, 5.74) is 8.31. The molecule has 0 fully saturated rings. The SMILES string of the molecule is COC(=O)C[C@@H](N)c1ccc2c(c1)CCCN2C(=O)OC(C)(C)C. The summed E-state index contributed by atoms with van der Waals surface area (Å²) >= 11 is 0. The van der Waals surface area contributed by atoms with Crippen molar-refractivity contribution in [1.29, 1.82) is 0 Å². The number of nitrogens with two attached hydrogens (primary N) is 1. The van der Waals surface area contributed by atoms with Crippen LogP contribution in [-0.4, -0.2) is 31.3 Å². The number of benzene rings is 1. The van der Waals surface area contributed by atoms with Crippen molar-refractivity contribution in [2.75, 3.05) is 18.6 Å². The van der Waals surface area contributed by atoms with E-state index >= 15 is 0 Å². The van der Waals surface area contributed by atoms with E-state index in [0.29, 0.717) is 6.54 Å². The van der Waals surface area contributed by atoms with Crippen molar-refractivity contribution in [3.05, 3.63) is 29.3 Å². The Morgan fingerprint density at radius 3 is 2.67 bits per heavy atom. The van der Waals surface area contributed by atoms with Crippen molar-refractivity contribution in [2.45, 2.75) is 51.7 Å². The van der Waals surface area contributed by atoms with Gasteiger partial charge in [-0.2, -0.15) is 0 Å². The summed E-state index contributed by atoms with van der Waals surface area (Å²) in [6, 6.07) is 5.29. The van der Waals surface area contributed by atoms with Crippen LogP contribution >= 0.6 is 0 Å². The Morgan fingerprint density at radius 2 is 2.04 bits per heavy atom. The monoisotopic (exact) mass is 334 g/mol. The molecule has 6 heteroatoms. The molecule has 0 bridgehead atoms. The number of rotatable bonds is 3. The molecule has 2 rings (SSSR count). The zero-order valence-electron chi connectivity index (χ0n) is 14.8. The minimum absolute atomic E-state index is 0.130. The molecule has 0 radical (unpaired) electrons. The van der Waals surface area contributed by atoms with Crippen LogP contribution in [0.4, 0.5) is 10.5 Å². The summed E-state index contributed by atoms with van der Waals surface area (Å²) in [7, 11) is 1.35. The number of fused-ring (bicyclic) bond motifs is 1. The van der Waals surface area contributed by atoms with E-state index in [0.717, 1.165) is 29.7 Å². The van der Waals surface area contributed by atoms with Gasteiger partial charge in [0, 0.05) is 12.6 Å². The van der Waals surface area contributed by atoms with Gasteiger partial charge in [-0.05, 0) is 50.8 Å². The fourth-order valence-corrected chi connectivity index (χ4v) is 2.74. The third kappa shape index (κ3) is 4.47. The van der Waals surface area contributed by atoms with Crippen LogP contribution in [0.25, 0.3) is 0 Å². The van der Waals surface area contributed by atoms with Gasteiger partial charge in [-0.25, -0.2) is 4.79 Å². The van der Waals surface area contributed by atoms with E-state index in [-0.39, 0.29) is 18.5 Å². The number of hydrogen-bond acceptors (Lipinski definition) is 5. The first-order valence-electron chi connectivity index (χ1n) is 8.17. The normalized spacial score (nSPS) is 15.5. The lowest BCUT2D eigenvalue weighted by molar-refractivity contribution is -0.141. The first-order valence-corrected chi connectivity index (χ1v) is 8.17. The molecule has 6 nitrogen and oxygen atoms in total. The highest BCUT2D eigenvalue weighted by molar-refractivity contribution is 5.89. The Kier molecular flexibility index (Phi) is 5.49. The molecule has 24 heavy (non-hydrogen) atoms. The van der Waals surface area contributed by atoms with Gasteiger partial charge < -0.3 is 15.2 Å². The Morgan fingerprint density at radius 1 is 1.33 bits per heavy atom. The molecule has 0 unspecified atom stereocenters. The van der Waals surface area contributed by atoms with E-state index < -0.39 is 11.6 Å². The summed E-state index contributed by atoms with van der Waals surface area (Å²) in [5, 5.41) is 0. The summed E-state index contributed by atoms with van der Waals surface area (Å²) in [6.07, 6.45) is 1.52. The molecule has 0 aliphatic carbocycles. The quantitative estimate of drug-likeness (QED) is 0.860. The highest BCUT2D eigenvalue weighted by Gasteiger charge is 2.27. The van der Waals surface area contributed by atoms with Gasteiger partial charge in [-0.15, -0.1) is 0 Å². The second-order valence-corrected chi connectivity index (χ2v) is 7.01. The van der Waals surface area contributed by atoms with Crippen LogP contribution < -0.4 is 10.6 Å². The van der Waals surface area contributed by atoms with Crippen molar-refractivity contribution >= 4 is 17.7 Å². The zero-order valence-corrected chi connectivity index (χ0v) is 14.8. The van der Waals surface area contributed by atoms with E-state index in [1.54, 1.807) is 4.90 Å². The number of carbonyl (C=O) groups is 2. The van der Waals surface area contributed by atoms with Gasteiger partial charge in [0.25, 0.3) is 0 Å². The largest absolute Gasteiger partial charge is 0.469 e. The van der Waals surface area contributed by atoms with Gasteiger partial charge >= 0.3 is 12.1 Å². The predicted molar refractivity (Wildman–Crippen MR) is 91.9 cm³/mol. The number of carbonyl (C=O) groups excluding carboxylic acids is 2. The van der Waals surface area contributed by atoms with Crippen molar-refractivity contribution in [1.82, 2.24) is 0 Å². The summed E-state index contributed by atoms with van der Waals surface area (Å²) in [6.45, 7) is 6.19. The molecule has 0 spiro atoms. The van der Waals surface area contributed by atoms with Gasteiger partial charge in [0.1, 0.15) is 5.60 Å². The highest BCUT2D eigenvalue weighted by atomic mass is 16.6. The number of ether oxygens (including phenoxy) is 2. The second kappa shape index (κ2) is 7.21. The maximum atomic E-state index is 12.4. The van der Waals surface area contributed by atoms with Crippen molar-refractivity contribution in [2.24, 2.45) is 5.73 Å². The lowest BCUT2D eigenvalue weighted by Crippen LogP contribution is -2.39. The van der Waals surface area contributed by atoms with Crippen molar-refractivity contribution < 1.29 is 19.1 Å². The number of aryl methyl sites for hydroxylation is 1. The smallest absolute Gasteiger partial charge is 0.414 e.